The van der Waals surface area contributed by atoms with E-state index in [-0.39, 0.29) is 16.9 Å². The predicted molar refractivity (Wildman–Crippen MR) is 81.3 cm³/mol. The van der Waals surface area contributed by atoms with Gasteiger partial charge in [0.2, 0.25) is 5.95 Å². The zero-order valence-electron chi connectivity index (χ0n) is 11.7. The first-order valence-corrected chi connectivity index (χ1v) is 6.63. The molecule has 0 aliphatic heterocycles. The van der Waals surface area contributed by atoms with Crippen LogP contribution in [0.5, 0.6) is 5.75 Å². The van der Waals surface area contributed by atoms with Crippen molar-refractivity contribution >= 4 is 17.5 Å². The first kappa shape index (κ1) is 17.2. The molecule has 0 atom stereocenters. The second-order valence-electron chi connectivity index (χ2n) is 2.95. The number of benzene rings is 1. The van der Waals surface area contributed by atoms with Gasteiger partial charge in [-0.1, -0.05) is 51.4 Å². The second kappa shape index (κ2) is 9.16. The molecule has 0 bridgehead atoms. The van der Waals surface area contributed by atoms with Crippen molar-refractivity contribution in [2.75, 3.05) is 5.73 Å². The summed E-state index contributed by atoms with van der Waals surface area (Å²) in [5.74, 6) is 0.215. The van der Waals surface area contributed by atoms with Gasteiger partial charge < -0.3 is 10.8 Å². The Morgan fingerprint density at radius 2 is 1.63 bits per heavy atom. The molecule has 0 amide bonds. The Hall–Kier alpha value is -1.81. The molecule has 0 unspecified atom stereocenters. The largest absolute Gasteiger partial charge is 0.507 e. The molecule has 4 nitrogen and oxygen atoms in total. The summed E-state index contributed by atoms with van der Waals surface area (Å²) in [4.78, 5) is 7.73. The fraction of sp³-hybridized carbons (Fsp3) is 0.286. The quantitative estimate of drug-likeness (QED) is 0.771. The van der Waals surface area contributed by atoms with Crippen molar-refractivity contribution in [2.24, 2.45) is 0 Å². The Labute approximate surface area is 119 Å². The number of hydrogen-bond donors (Lipinski definition) is 2. The highest BCUT2D eigenvalue weighted by atomic mass is 35.5. The van der Waals surface area contributed by atoms with Gasteiger partial charge in [-0.15, -0.1) is 0 Å². The van der Waals surface area contributed by atoms with Crippen LogP contribution in [0.15, 0.2) is 30.3 Å². The summed E-state index contributed by atoms with van der Waals surface area (Å²) in [6.07, 6.45) is 0. The molecule has 0 aliphatic rings. The number of nitrogen functional groups attached to an aromatic ring is 1. The van der Waals surface area contributed by atoms with Crippen molar-refractivity contribution in [3.63, 3.8) is 0 Å². The van der Waals surface area contributed by atoms with Crippen LogP contribution in [0.4, 0.5) is 5.95 Å². The third kappa shape index (κ3) is 5.14. The van der Waals surface area contributed by atoms with E-state index < -0.39 is 0 Å². The van der Waals surface area contributed by atoms with E-state index in [1.165, 1.54) is 0 Å². The fourth-order valence-corrected chi connectivity index (χ4v) is 1.45. The monoisotopic (exact) mass is 281 g/mol. The molecule has 5 heteroatoms. The number of hydrogen-bond acceptors (Lipinski definition) is 4. The summed E-state index contributed by atoms with van der Waals surface area (Å²) in [6.45, 7) is 8.00. The summed E-state index contributed by atoms with van der Waals surface area (Å²) in [5.41, 5.74) is 6.54. The Morgan fingerprint density at radius 1 is 1.05 bits per heavy atom. The Morgan fingerprint density at radius 3 is 2.16 bits per heavy atom. The number of phenolic OH excluding ortho intramolecular Hbond substituents is 1. The number of halogens is 1. The fourth-order valence-electron chi connectivity index (χ4n) is 1.26. The summed E-state index contributed by atoms with van der Waals surface area (Å²) in [5, 5.41) is 9.85. The molecule has 2 rings (SSSR count). The van der Waals surface area contributed by atoms with E-state index in [0.29, 0.717) is 11.3 Å². The zero-order valence-corrected chi connectivity index (χ0v) is 12.4. The van der Waals surface area contributed by atoms with Crippen LogP contribution in [-0.4, -0.2) is 15.1 Å². The SMILES string of the molecule is CC.CC.Nc1nc(Cl)cc(-c2ccccc2O)n1. The number of nitrogens with two attached hydrogens (primary N) is 1. The van der Waals surface area contributed by atoms with Gasteiger partial charge in [0.15, 0.2) is 0 Å². The zero-order chi connectivity index (χ0) is 14.8. The number of anilines is 1. The highest BCUT2D eigenvalue weighted by Gasteiger charge is 2.07. The minimum Gasteiger partial charge on any atom is -0.507 e. The van der Waals surface area contributed by atoms with E-state index in [4.69, 9.17) is 17.3 Å². The first-order chi connectivity index (χ1) is 9.16. The van der Waals surface area contributed by atoms with E-state index in [0.717, 1.165) is 0 Å². The van der Waals surface area contributed by atoms with Crippen LogP contribution in [0, 0.1) is 0 Å². The van der Waals surface area contributed by atoms with Crippen LogP contribution in [0.3, 0.4) is 0 Å². The van der Waals surface area contributed by atoms with Crippen LogP contribution in [0.1, 0.15) is 27.7 Å². The van der Waals surface area contributed by atoms with Gasteiger partial charge in [-0.25, -0.2) is 9.97 Å². The molecule has 0 saturated carbocycles. The molecule has 2 aromatic rings. The van der Waals surface area contributed by atoms with Crippen LogP contribution in [0.25, 0.3) is 11.3 Å². The number of rotatable bonds is 1. The maximum atomic E-state index is 9.60. The molecule has 104 valence electrons. The maximum Gasteiger partial charge on any atom is 0.221 e. The lowest BCUT2D eigenvalue weighted by atomic mass is 10.1. The molecule has 0 spiro atoms. The molecule has 0 aliphatic carbocycles. The predicted octanol–water partition coefficient (Wildman–Crippen LogP) is 4.14. The van der Waals surface area contributed by atoms with Crippen molar-refractivity contribution in [2.45, 2.75) is 27.7 Å². The van der Waals surface area contributed by atoms with Crippen LogP contribution >= 0.6 is 11.6 Å². The van der Waals surface area contributed by atoms with E-state index >= 15 is 0 Å². The highest BCUT2D eigenvalue weighted by Crippen LogP contribution is 2.28. The lowest BCUT2D eigenvalue weighted by Crippen LogP contribution is -1.96. The van der Waals surface area contributed by atoms with Gasteiger partial charge >= 0.3 is 0 Å². The van der Waals surface area contributed by atoms with Gasteiger partial charge in [0.1, 0.15) is 10.9 Å². The van der Waals surface area contributed by atoms with Gasteiger partial charge in [0, 0.05) is 11.6 Å². The van der Waals surface area contributed by atoms with Gasteiger partial charge in [0.25, 0.3) is 0 Å². The van der Waals surface area contributed by atoms with Crippen molar-refractivity contribution in [3.05, 3.63) is 35.5 Å². The molecule has 1 aromatic heterocycles. The topological polar surface area (TPSA) is 72.0 Å². The van der Waals surface area contributed by atoms with E-state index in [1.54, 1.807) is 30.3 Å². The molecule has 0 radical (unpaired) electrons. The summed E-state index contributed by atoms with van der Waals surface area (Å²) >= 11 is 5.74. The standard InChI is InChI=1S/C10H8ClN3O.2C2H6/c11-9-5-7(13-10(12)14-9)6-3-1-2-4-8(6)15;2*1-2/h1-5,15H,(H2,12,13,14);2*1-2H3. The smallest absolute Gasteiger partial charge is 0.221 e. The van der Waals surface area contributed by atoms with E-state index in [9.17, 15) is 5.11 Å². The first-order valence-electron chi connectivity index (χ1n) is 6.25. The molecular weight excluding hydrogens is 262 g/mol. The third-order valence-electron chi connectivity index (χ3n) is 1.89. The average Bonchev–Trinajstić information content (AvgIpc) is 2.42. The Balaban J connectivity index is 0.000000741. The van der Waals surface area contributed by atoms with E-state index in [2.05, 4.69) is 9.97 Å². The van der Waals surface area contributed by atoms with Crippen LogP contribution < -0.4 is 5.73 Å². The lowest BCUT2D eigenvalue weighted by molar-refractivity contribution is 0.477. The van der Waals surface area contributed by atoms with Crippen molar-refractivity contribution in [3.8, 4) is 17.0 Å². The summed E-state index contributed by atoms with van der Waals surface area (Å²) < 4.78 is 0. The second-order valence-corrected chi connectivity index (χ2v) is 3.34. The van der Waals surface area contributed by atoms with Crippen LogP contribution in [0.2, 0.25) is 5.15 Å². The number of aromatic hydroxyl groups is 1. The highest BCUT2D eigenvalue weighted by molar-refractivity contribution is 6.29. The summed E-state index contributed by atoms with van der Waals surface area (Å²) in [6, 6.07) is 8.37. The number of para-hydroxylation sites is 1. The minimum atomic E-state index is 0.0840. The average molecular weight is 282 g/mol. The van der Waals surface area contributed by atoms with Gasteiger partial charge in [0.05, 0.1) is 5.69 Å². The molecule has 19 heavy (non-hydrogen) atoms. The van der Waals surface area contributed by atoms with Gasteiger partial charge in [-0.05, 0) is 12.1 Å². The van der Waals surface area contributed by atoms with Gasteiger partial charge in [-0.2, -0.15) is 0 Å². The third-order valence-corrected chi connectivity index (χ3v) is 2.09. The Kier molecular flexibility index (Phi) is 8.29. The van der Waals surface area contributed by atoms with Crippen LogP contribution in [-0.2, 0) is 0 Å². The minimum absolute atomic E-state index is 0.0840. The van der Waals surface area contributed by atoms with E-state index in [1.807, 2.05) is 27.7 Å². The number of nitrogens with zero attached hydrogens (tertiary/aromatic N) is 2. The van der Waals surface area contributed by atoms with Crippen molar-refractivity contribution < 1.29 is 5.11 Å². The van der Waals surface area contributed by atoms with Crippen molar-refractivity contribution in [1.29, 1.82) is 0 Å². The molecule has 0 fully saturated rings. The molecule has 1 heterocycles. The van der Waals surface area contributed by atoms with Crippen molar-refractivity contribution in [1.82, 2.24) is 9.97 Å². The normalized spacial score (nSPS) is 8.68. The summed E-state index contributed by atoms with van der Waals surface area (Å²) in [7, 11) is 0. The lowest BCUT2D eigenvalue weighted by Gasteiger charge is -2.04. The molecule has 3 N–H and O–H groups in total. The molecule has 0 saturated heterocycles. The number of aromatic nitrogens is 2. The Bertz CT molecular complexity index is 484. The number of phenols is 1. The van der Waals surface area contributed by atoms with Gasteiger partial charge in [-0.3, -0.25) is 0 Å². The maximum absolute atomic E-state index is 9.60. The molecule has 1 aromatic carbocycles. The molecular formula is C14H20ClN3O.